The molecule has 2 aromatic carbocycles. The minimum Gasteiger partial charge on any atom is -0.354 e. The van der Waals surface area contributed by atoms with Crippen LogP contribution in [0.2, 0.25) is 0 Å². The lowest BCUT2D eigenvalue weighted by Crippen LogP contribution is -2.38. The molecule has 0 spiro atoms. The Morgan fingerprint density at radius 1 is 0.920 bits per heavy atom. The van der Waals surface area contributed by atoms with Crippen LogP contribution < -0.4 is 10.6 Å². The first kappa shape index (κ1) is 19.4. The predicted octanol–water partition coefficient (Wildman–Crippen LogP) is 1.61. The summed E-state index contributed by atoms with van der Waals surface area (Å²) >= 11 is 2.04. The third kappa shape index (κ3) is 5.82. The summed E-state index contributed by atoms with van der Waals surface area (Å²) in [4.78, 5) is 24.0. The van der Waals surface area contributed by atoms with Crippen LogP contribution in [0, 0.1) is 3.57 Å². The summed E-state index contributed by atoms with van der Waals surface area (Å²) < 4.78 is 24.9. The maximum absolute atomic E-state index is 12.1. The minimum atomic E-state index is -3.44. The second-order valence-electron chi connectivity index (χ2n) is 5.14. The van der Waals surface area contributed by atoms with E-state index in [1.54, 1.807) is 36.4 Å². The molecule has 0 unspecified atom stereocenters. The van der Waals surface area contributed by atoms with Gasteiger partial charge in [0.1, 0.15) is 0 Å². The van der Waals surface area contributed by atoms with Gasteiger partial charge in [-0.2, -0.15) is 0 Å². The highest BCUT2D eigenvalue weighted by Crippen LogP contribution is 2.11. The molecule has 0 aromatic heterocycles. The van der Waals surface area contributed by atoms with Gasteiger partial charge >= 0.3 is 0 Å². The third-order valence-corrected chi connectivity index (χ3v) is 6.00. The van der Waals surface area contributed by atoms with E-state index in [0.29, 0.717) is 5.56 Å². The van der Waals surface area contributed by atoms with Crippen LogP contribution in [0.5, 0.6) is 0 Å². The van der Waals surface area contributed by atoms with Crippen molar-refractivity contribution >= 4 is 44.2 Å². The van der Waals surface area contributed by atoms with Crippen LogP contribution in [-0.4, -0.2) is 39.1 Å². The lowest BCUT2D eigenvalue weighted by Gasteiger charge is -2.08. The smallest absolute Gasteiger partial charge is 0.252 e. The molecule has 0 aliphatic heterocycles. The van der Waals surface area contributed by atoms with E-state index in [1.807, 2.05) is 28.7 Å². The molecule has 0 bridgehead atoms. The van der Waals surface area contributed by atoms with Crippen LogP contribution in [0.15, 0.2) is 59.5 Å². The number of carbonyl (C=O) groups is 2. The molecule has 2 N–H and O–H groups in total. The van der Waals surface area contributed by atoms with Gasteiger partial charge in [0.15, 0.2) is 9.84 Å². The molecule has 0 heterocycles. The van der Waals surface area contributed by atoms with Crippen LogP contribution in [0.25, 0.3) is 0 Å². The van der Waals surface area contributed by atoms with E-state index < -0.39 is 15.7 Å². The first-order valence-electron chi connectivity index (χ1n) is 7.47. The van der Waals surface area contributed by atoms with Crippen LogP contribution in [0.1, 0.15) is 10.4 Å². The second kappa shape index (κ2) is 8.95. The quantitative estimate of drug-likeness (QED) is 0.600. The lowest BCUT2D eigenvalue weighted by atomic mass is 10.2. The van der Waals surface area contributed by atoms with E-state index >= 15 is 0 Å². The van der Waals surface area contributed by atoms with Crippen molar-refractivity contribution < 1.29 is 18.0 Å². The Kier molecular flexibility index (Phi) is 6.94. The average molecular weight is 472 g/mol. The number of hydrogen-bond donors (Lipinski definition) is 2. The van der Waals surface area contributed by atoms with Gasteiger partial charge in [0.25, 0.3) is 5.91 Å². The average Bonchev–Trinajstić information content (AvgIpc) is 2.60. The maximum Gasteiger partial charge on any atom is 0.252 e. The summed E-state index contributed by atoms with van der Waals surface area (Å²) in [5, 5.41) is 5.01. The number of sulfone groups is 1. The number of amides is 2. The van der Waals surface area contributed by atoms with E-state index in [9.17, 15) is 18.0 Å². The molecular weight excluding hydrogens is 455 g/mol. The molecule has 2 rings (SSSR count). The van der Waals surface area contributed by atoms with Crippen LogP contribution in [0.4, 0.5) is 0 Å². The fourth-order valence-electron chi connectivity index (χ4n) is 2.03. The largest absolute Gasteiger partial charge is 0.354 e. The molecule has 6 nitrogen and oxygen atoms in total. The molecule has 0 aliphatic carbocycles. The zero-order valence-electron chi connectivity index (χ0n) is 13.2. The molecule has 0 saturated carbocycles. The standard InChI is InChI=1S/C17H17IN2O4S/c18-15-9-5-4-8-14(15)17(22)20-12-16(21)19-10-11-25(23,24)13-6-2-1-3-7-13/h1-9H,10-12H2,(H,19,21)(H,20,22). The normalized spacial score (nSPS) is 10.9. The molecule has 0 aliphatic rings. The Bertz CT molecular complexity index is 854. The van der Waals surface area contributed by atoms with Crippen molar-refractivity contribution in [2.45, 2.75) is 4.90 Å². The van der Waals surface area contributed by atoms with Crippen LogP contribution in [0.3, 0.4) is 0 Å². The molecule has 0 radical (unpaired) electrons. The third-order valence-electron chi connectivity index (χ3n) is 3.32. The van der Waals surface area contributed by atoms with Crippen molar-refractivity contribution in [3.05, 3.63) is 63.7 Å². The Morgan fingerprint density at radius 2 is 1.56 bits per heavy atom. The molecular formula is C17H17IN2O4S. The summed E-state index contributed by atoms with van der Waals surface area (Å²) in [6.07, 6.45) is 0. The Labute approximate surface area is 160 Å². The molecule has 0 fully saturated rings. The summed E-state index contributed by atoms with van der Waals surface area (Å²) in [7, 11) is -3.44. The first-order valence-corrected chi connectivity index (χ1v) is 10.2. The van der Waals surface area contributed by atoms with Gasteiger partial charge in [-0.1, -0.05) is 30.3 Å². The van der Waals surface area contributed by atoms with Gasteiger partial charge in [-0.15, -0.1) is 0 Å². The molecule has 25 heavy (non-hydrogen) atoms. The Hall–Kier alpha value is -1.94. The zero-order chi connectivity index (χ0) is 18.3. The van der Waals surface area contributed by atoms with Gasteiger partial charge < -0.3 is 10.6 Å². The van der Waals surface area contributed by atoms with Crippen molar-refractivity contribution in [2.75, 3.05) is 18.8 Å². The first-order chi connectivity index (χ1) is 11.9. The van der Waals surface area contributed by atoms with Crippen LogP contribution >= 0.6 is 22.6 Å². The monoisotopic (exact) mass is 472 g/mol. The van der Waals surface area contributed by atoms with Crippen molar-refractivity contribution in [2.24, 2.45) is 0 Å². The molecule has 8 heteroatoms. The van der Waals surface area contributed by atoms with E-state index in [-0.39, 0.29) is 29.6 Å². The van der Waals surface area contributed by atoms with Crippen molar-refractivity contribution in [1.82, 2.24) is 10.6 Å². The number of benzene rings is 2. The fraction of sp³-hybridized carbons (Fsp3) is 0.176. The summed E-state index contributed by atoms with van der Waals surface area (Å²) in [5.41, 5.74) is 0.488. The lowest BCUT2D eigenvalue weighted by molar-refractivity contribution is -0.120. The number of carbonyl (C=O) groups excluding carboxylic acids is 2. The Morgan fingerprint density at radius 3 is 2.24 bits per heavy atom. The fourth-order valence-corrected chi connectivity index (χ4v) is 3.84. The van der Waals surface area contributed by atoms with Gasteiger partial charge in [-0.3, -0.25) is 9.59 Å². The summed E-state index contributed by atoms with van der Waals surface area (Å²) in [6, 6.07) is 15.1. The highest BCUT2D eigenvalue weighted by atomic mass is 127. The zero-order valence-corrected chi connectivity index (χ0v) is 16.2. The number of halogens is 1. The molecule has 2 amide bonds. The highest BCUT2D eigenvalue weighted by Gasteiger charge is 2.15. The minimum absolute atomic E-state index is 0.0190. The summed E-state index contributed by atoms with van der Waals surface area (Å²) in [5.74, 6) is -0.993. The van der Waals surface area contributed by atoms with E-state index in [2.05, 4.69) is 10.6 Å². The van der Waals surface area contributed by atoms with Gasteiger partial charge in [0, 0.05) is 10.1 Å². The highest BCUT2D eigenvalue weighted by molar-refractivity contribution is 14.1. The van der Waals surface area contributed by atoms with Gasteiger partial charge in [-0.05, 0) is 46.9 Å². The number of nitrogens with one attached hydrogen (secondary N) is 2. The van der Waals surface area contributed by atoms with Crippen molar-refractivity contribution in [1.29, 1.82) is 0 Å². The van der Waals surface area contributed by atoms with Crippen molar-refractivity contribution in [3.63, 3.8) is 0 Å². The number of hydrogen-bond acceptors (Lipinski definition) is 4. The molecule has 0 atom stereocenters. The topological polar surface area (TPSA) is 92.3 Å². The van der Waals surface area contributed by atoms with E-state index in [1.165, 1.54) is 12.1 Å². The summed E-state index contributed by atoms with van der Waals surface area (Å²) in [6.45, 7) is -0.232. The SMILES string of the molecule is O=C(CNC(=O)c1ccccc1I)NCCS(=O)(=O)c1ccccc1. The van der Waals surface area contributed by atoms with E-state index in [4.69, 9.17) is 0 Å². The molecule has 0 saturated heterocycles. The van der Waals surface area contributed by atoms with E-state index in [0.717, 1.165) is 3.57 Å². The van der Waals surface area contributed by atoms with Gasteiger partial charge in [0.2, 0.25) is 5.91 Å². The maximum atomic E-state index is 12.1. The second-order valence-corrected chi connectivity index (χ2v) is 8.42. The predicted molar refractivity (Wildman–Crippen MR) is 103 cm³/mol. The number of rotatable bonds is 7. The van der Waals surface area contributed by atoms with Gasteiger partial charge in [0.05, 0.1) is 22.8 Å². The van der Waals surface area contributed by atoms with Crippen molar-refractivity contribution in [3.8, 4) is 0 Å². The molecule has 2 aromatic rings. The Balaban J connectivity index is 1.78. The molecule has 132 valence electrons. The van der Waals surface area contributed by atoms with Crippen LogP contribution in [-0.2, 0) is 14.6 Å². The van der Waals surface area contributed by atoms with Gasteiger partial charge in [-0.25, -0.2) is 8.42 Å².